The van der Waals surface area contributed by atoms with Gasteiger partial charge in [-0.05, 0) is 23.8 Å². The Bertz CT molecular complexity index is 877. The van der Waals surface area contributed by atoms with E-state index in [0.29, 0.717) is 28.0 Å². The number of nitrogens with one attached hydrogen (secondary N) is 2. The Morgan fingerprint density at radius 1 is 1.15 bits per heavy atom. The molecule has 0 bridgehead atoms. The number of anilines is 1. The van der Waals surface area contributed by atoms with E-state index in [4.69, 9.17) is 23.2 Å². The number of aromatic nitrogens is 1. The number of halogens is 3. The van der Waals surface area contributed by atoms with Gasteiger partial charge in [-0.3, -0.25) is 4.79 Å². The minimum atomic E-state index is -3.54. The Hall–Kier alpha value is -1.35. The lowest BCUT2D eigenvalue weighted by Gasteiger charge is -2.09. The highest BCUT2D eigenvalue weighted by atomic mass is 79.9. The van der Waals surface area contributed by atoms with E-state index >= 15 is 0 Å². The smallest absolute Gasteiger partial charge is 0.235 e. The summed E-state index contributed by atoms with van der Waals surface area (Å²) >= 11 is 15.0. The van der Waals surface area contributed by atoms with E-state index in [2.05, 4.69) is 31.5 Å². The summed E-state index contributed by atoms with van der Waals surface area (Å²) in [6.07, 6.45) is 1.45. The van der Waals surface area contributed by atoms with E-state index in [-0.39, 0.29) is 12.3 Å². The molecule has 6 nitrogen and oxygen atoms in total. The number of benzene rings is 1. The van der Waals surface area contributed by atoms with Gasteiger partial charge >= 0.3 is 0 Å². The van der Waals surface area contributed by atoms with Crippen molar-refractivity contribution >= 4 is 60.7 Å². The van der Waals surface area contributed by atoms with E-state index in [0.717, 1.165) is 4.47 Å². The molecule has 2 rings (SSSR count). The first-order valence-corrected chi connectivity index (χ1v) is 10.9. The fourth-order valence-electron chi connectivity index (χ4n) is 2.06. The van der Waals surface area contributed by atoms with E-state index in [1.54, 1.807) is 30.3 Å². The number of hydrogen-bond acceptors (Lipinski definition) is 5. The first kappa shape index (κ1) is 21.0. The van der Waals surface area contributed by atoms with Gasteiger partial charge in [-0.25, -0.2) is 13.4 Å². The summed E-state index contributed by atoms with van der Waals surface area (Å²) in [6, 6.07) is 8.46. The summed E-state index contributed by atoms with van der Waals surface area (Å²) in [5.41, 5.74) is 0.631. The lowest BCUT2D eigenvalue weighted by atomic mass is 10.2. The Balaban J connectivity index is 1.76. The molecule has 1 amide bonds. The van der Waals surface area contributed by atoms with Gasteiger partial charge in [-0.2, -0.15) is 0 Å². The minimum absolute atomic E-state index is 0.184. The maximum Gasteiger partial charge on any atom is 0.235 e. The van der Waals surface area contributed by atoms with Gasteiger partial charge in [0.25, 0.3) is 0 Å². The lowest BCUT2D eigenvalue weighted by Crippen LogP contribution is -2.34. The maximum absolute atomic E-state index is 12.1. The van der Waals surface area contributed by atoms with Crippen LogP contribution in [0.5, 0.6) is 0 Å². The van der Waals surface area contributed by atoms with Crippen molar-refractivity contribution in [3.8, 4) is 0 Å². The summed E-state index contributed by atoms with van der Waals surface area (Å²) in [5, 5.41) is 6.27. The second-order valence-electron chi connectivity index (χ2n) is 5.42. The molecule has 0 unspecified atom stereocenters. The third-order valence-electron chi connectivity index (χ3n) is 3.20. The molecule has 0 atom stereocenters. The summed E-state index contributed by atoms with van der Waals surface area (Å²) in [5.74, 6) is -0.869. The van der Waals surface area contributed by atoms with Crippen molar-refractivity contribution in [1.29, 1.82) is 0 Å². The summed E-state index contributed by atoms with van der Waals surface area (Å²) < 4.78 is 25.1. The molecule has 26 heavy (non-hydrogen) atoms. The van der Waals surface area contributed by atoms with Crippen molar-refractivity contribution in [1.82, 2.24) is 10.3 Å². The average molecular weight is 481 g/mol. The monoisotopic (exact) mass is 479 g/mol. The van der Waals surface area contributed by atoms with Crippen LogP contribution in [0, 0.1) is 0 Å². The first-order chi connectivity index (χ1) is 12.2. The molecule has 1 heterocycles. The minimum Gasteiger partial charge on any atom is -0.367 e. The second-order valence-corrected chi connectivity index (χ2v) is 9.24. The SMILES string of the molecule is O=C(CS(=O)(=O)Cc1ccc(Br)cc1)NCCNc1ncc(Cl)cc1Cl. The number of carbonyl (C=O) groups is 1. The van der Waals surface area contributed by atoms with E-state index in [9.17, 15) is 13.2 Å². The first-order valence-electron chi connectivity index (χ1n) is 7.52. The van der Waals surface area contributed by atoms with Crippen molar-refractivity contribution < 1.29 is 13.2 Å². The average Bonchev–Trinajstić information content (AvgIpc) is 2.54. The quantitative estimate of drug-likeness (QED) is 0.566. The van der Waals surface area contributed by atoms with Crippen LogP contribution in [0.4, 0.5) is 5.82 Å². The predicted octanol–water partition coefficient (Wildman–Crippen LogP) is 3.29. The van der Waals surface area contributed by atoms with Crippen molar-refractivity contribution in [2.45, 2.75) is 5.75 Å². The number of amides is 1. The van der Waals surface area contributed by atoms with E-state index in [1.165, 1.54) is 6.20 Å². The molecule has 1 aromatic carbocycles. The highest BCUT2D eigenvalue weighted by Crippen LogP contribution is 2.22. The molecule has 140 valence electrons. The van der Waals surface area contributed by atoms with Gasteiger partial charge in [0.05, 0.1) is 15.8 Å². The molecule has 0 spiro atoms. The summed E-state index contributed by atoms with van der Waals surface area (Å²) in [6.45, 7) is 0.570. The van der Waals surface area contributed by atoms with Gasteiger partial charge in [-0.15, -0.1) is 0 Å². The number of hydrogen-bond donors (Lipinski definition) is 2. The lowest BCUT2D eigenvalue weighted by molar-refractivity contribution is -0.118. The molecule has 0 aliphatic rings. The fourth-order valence-corrected chi connectivity index (χ4v) is 4.08. The third kappa shape index (κ3) is 7.11. The van der Waals surface area contributed by atoms with Crippen LogP contribution in [0.2, 0.25) is 10.0 Å². The zero-order valence-corrected chi connectivity index (χ0v) is 17.4. The van der Waals surface area contributed by atoms with Crippen molar-refractivity contribution in [3.05, 3.63) is 56.6 Å². The standard InChI is InChI=1S/C16H16BrCl2N3O3S/c17-12-3-1-11(2-4-12)9-26(24,25)10-15(23)20-5-6-21-16-14(19)7-13(18)8-22-16/h1-4,7-8H,5-6,9-10H2,(H,20,23)(H,21,22). The molecule has 0 aliphatic carbocycles. The Labute approximate surface area is 170 Å². The molecule has 0 fully saturated rings. The molecular formula is C16H16BrCl2N3O3S. The number of pyridine rings is 1. The van der Waals surface area contributed by atoms with Crippen LogP contribution in [0.3, 0.4) is 0 Å². The molecule has 0 radical (unpaired) electrons. The van der Waals surface area contributed by atoms with E-state index in [1.807, 2.05) is 0 Å². The predicted molar refractivity (Wildman–Crippen MR) is 107 cm³/mol. The van der Waals surface area contributed by atoms with Crippen molar-refractivity contribution in [3.63, 3.8) is 0 Å². The van der Waals surface area contributed by atoms with Crippen LogP contribution in [0.25, 0.3) is 0 Å². The summed E-state index contributed by atoms with van der Waals surface area (Å²) in [7, 11) is -3.54. The molecule has 2 N–H and O–H groups in total. The van der Waals surface area contributed by atoms with Crippen molar-refractivity contribution in [2.24, 2.45) is 0 Å². The molecule has 0 saturated heterocycles. The fraction of sp³-hybridized carbons (Fsp3) is 0.250. The molecular weight excluding hydrogens is 465 g/mol. The van der Waals surface area contributed by atoms with Crippen LogP contribution >= 0.6 is 39.1 Å². The Kier molecular flexibility index (Phi) is 7.69. The number of rotatable bonds is 8. The number of carbonyl (C=O) groups excluding carboxylic acids is 1. The molecule has 0 saturated carbocycles. The Morgan fingerprint density at radius 2 is 1.85 bits per heavy atom. The van der Waals surface area contributed by atoms with Gasteiger partial charge in [0.2, 0.25) is 5.91 Å². The number of nitrogens with zero attached hydrogens (tertiary/aromatic N) is 1. The van der Waals surface area contributed by atoms with Gasteiger partial charge in [0.1, 0.15) is 11.6 Å². The molecule has 2 aromatic rings. The topological polar surface area (TPSA) is 88.2 Å². The molecule has 0 aliphatic heterocycles. The van der Waals surface area contributed by atoms with Crippen LogP contribution in [-0.4, -0.2) is 38.2 Å². The van der Waals surface area contributed by atoms with Crippen molar-refractivity contribution in [2.75, 3.05) is 24.2 Å². The zero-order valence-electron chi connectivity index (χ0n) is 13.5. The molecule has 1 aromatic heterocycles. The van der Waals surface area contributed by atoms with Gasteiger partial charge < -0.3 is 10.6 Å². The van der Waals surface area contributed by atoms with E-state index < -0.39 is 21.5 Å². The number of sulfone groups is 1. The van der Waals surface area contributed by atoms with Gasteiger partial charge in [0.15, 0.2) is 9.84 Å². The molecule has 10 heteroatoms. The third-order valence-corrected chi connectivity index (χ3v) is 5.70. The normalized spacial score (nSPS) is 11.2. The van der Waals surface area contributed by atoms with Gasteiger partial charge in [0, 0.05) is 23.8 Å². The van der Waals surface area contributed by atoms with Gasteiger partial charge in [-0.1, -0.05) is 51.3 Å². The van der Waals surface area contributed by atoms with Crippen LogP contribution in [-0.2, 0) is 20.4 Å². The second kappa shape index (κ2) is 9.55. The summed E-state index contributed by atoms with van der Waals surface area (Å²) in [4.78, 5) is 15.9. The highest BCUT2D eigenvalue weighted by molar-refractivity contribution is 9.10. The largest absolute Gasteiger partial charge is 0.367 e. The van der Waals surface area contributed by atoms with Crippen LogP contribution in [0.15, 0.2) is 41.0 Å². The van der Waals surface area contributed by atoms with Crippen LogP contribution < -0.4 is 10.6 Å². The maximum atomic E-state index is 12.1. The highest BCUT2D eigenvalue weighted by Gasteiger charge is 2.17. The zero-order chi connectivity index (χ0) is 19.2. The Morgan fingerprint density at radius 3 is 2.50 bits per heavy atom. The van der Waals surface area contributed by atoms with Crippen LogP contribution in [0.1, 0.15) is 5.56 Å².